The van der Waals surface area contributed by atoms with E-state index in [1.54, 1.807) is 4.90 Å². The van der Waals surface area contributed by atoms with Crippen molar-refractivity contribution < 1.29 is 50.2 Å². The van der Waals surface area contributed by atoms with Gasteiger partial charge in [-0.15, -0.1) is 0 Å². The number of hydroxylamine groups is 1. The highest BCUT2D eigenvalue weighted by atomic mass is 32.2. The van der Waals surface area contributed by atoms with E-state index in [4.69, 9.17) is 9.94 Å². The minimum Gasteiger partial charge on any atom is -0.421 e. The first-order valence-electron chi connectivity index (χ1n) is 9.98. The van der Waals surface area contributed by atoms with Gasteiger partial charge in [-0.2, -0.15) is 21.9 Å². The van der Waals surface area contributed by atoms with E-state index in [0.29, 0.717) is 5.69 Å². The molecule has 4 rings (SSSR count). The Bertz CT molecular complexity index is 1030. The minimum atomic E-state index is -4.85. The van der Waals surface area contributed by atoms with Gasteiger partial charge in [0.05, 0.1) is 0 Å². The van der Waals surface area contributed by atoms with Crippen LogP contribution in [0.4, 0.5) is 23.2 Å². The van der Waals surface area contributed by atoms with Crippen molar-refractivity contribution in [2.24, 2.45) is 0 Å². The molecule has 33 heavy (non-hydrogen) atoms. The molecular formula is C18H21F4N3O7S. The quantitative estimate of drug-likeness (QED) is 0.360. The van der Waals surface area contributed by atoms with Crippen molar-refractivity contribution in [2.75, 3.05) is 44.3 Å². The van der Waals surface area contributed by atoms with Crippen LogP contribution in [0.25, 0.3) is 0 Å². The van der Waals surface area contributed by atoms with Crippen LogP contribution >= 0.6 is 0 Å². The molecule has 0 aromatic heterocycles. The molecule has 1 aromatic rings. The normalized spacial score (nSPS) is 24.2. The largest absolute Gasteiger partial charge is 0.507 e. The zero-order chi connectivity index (χ0) is 24.1. The Balaban J connectivity index is 1.50. The Morgan fingerprint density at radius 1 is 0.970 bits per heavy atom. The molecule has 1 aromatic carbocycles. The average molecular weight is 499 g/mol. The van der Waals surface area contributed by atoms with Gasteiger partial charge in [0.15, 0.2) is 16.2 Å². The fourth-order valence-electron chi connectivity index (χ4n) is 4.09. The summed E-state index contributed by atoms with van der Waals surface area (Å²) in [7, 11) is -4.18. The SMILES string of the molecule is O=C(NO)C1(S(=O)(=O)N2CCN(c3ccc4c(c3)OC(F)(F)C(F)(F)O4)CC2)CCOCC1. The third kappa shape index (κ3) is 3.86. The molecule has 2 saturated heterocycles. The molecule has 184 valence electrons. The van der Waals surface area contributed by atoms with Crippen molar-refractivity contribution in [1.82, 2.24) is 9.79 Å². The molecule has 1 amide bonds. The van der Waals surface area contributed by atoms with E-state index in [9.17, 15) is 30.8 Å². The van der Waals surface area contributed by atoms with E-state index in [1.807, 2.05) is 0 Å². The second kappa shape index (κ2) is 8.14. The maximum Gasteiger partial charge on any atom is 0.507 e. The number of carbonyl (C=O) groups excluding carboxylic acids is 1. The van der Waals surface area contributed by atoms with Gasteiger partial charge in [0, 0.05) is 64.0 Å². The van der Waals surface area contributed by atoms with Crippen molar-refractivity contribution in [3.8, 4) is 11.5 Å². The van der Waals surface area contributed by atoms with Gasteiger partial charge in [0.1, 0.15) is 0 Å². The molecule has 3 aliphatic rings. The molecule has 0 aliphatic carbocycles. The van der Waals surface area contributed by atoms with Gasteiger partial charge in [0.2, 0.25) is 10.0 Å². The smallest absolute Gasteiger partial charge is 0.421 e. The number of hydrogen-bond donors (Lipinski definition) is 2. The Morgan fingerprint density at radius 3 is 2.12 bits per heavy atom. The molecular weight excluding hydrogens is 478 g/mol. The number of fused-ring (bicyclic) bond motifs is 1. The number of sulfonamides is 1. The van der Waals surface area contributed by atoms with E-state index in [0.717, 1.165) is 16.4 Å². The number of ether oxygens (including phenoxy) is 3. The lowest BCUT2D eigenvalue weighted by atomic mass is 9.98. The standard InChI is InChI=1S/C18H21F4N3O7S/c19-17(20)18(21,22)32-14-11-12(1-2-13(14)31-17)24-5-7-25(8-6-24)33(28,29)16(15(26)23-27)3-9-30-10-4-16/h1-2,11,27H,3-10H2,(H,23,26). The summed E-state index contributed by atoms with van der Waals surface area (Å²) in [5, 5.41) is 9.12. The van der Waals surface area contributed by atoms with Gasteiger partial charge in [-0.1, -0.05) is 0 Å². The van der Waals surface area contributed by atoms with Crippen molar-refractivity contribution >= 4 is 21.6 Å². The van der Waals surface area contributed by atoms with Crippen LogP contribution in [0, 0.1) is 0 Å². The number of amides is 1. The van der Waals surface area contributed by atoms with Gasteiger partial charge in [-0.3, -0.25) is 10.0 Å². The molecule has 2 fully saturated rings. The van der Waals surface area contributed by atoms with Crippen LogP contribution in [-0.2, 0) is 19.6 Å². The van der Waals surface area contributed by atoms with Gasteiger partial charge >= 0.3 is 12.2 Å². The number of nitrogens with zero attached hydrogens (tertiary/aromatic N) is 2. The lowest BCUT2D eigenvalue weighted by molar-refractivity contribution is -0.391. The van der Waals surface area contributed by atoms with Crippen molar-refractivity contribution in [1.29, 1.82) is 0 Å². The topological polar surface area (TPSA) is 118 Å². The second-order valence-corrected chi connectivity index (χ2v) is 10.1. The Labute approximate surface area is 186 Å². The first kappa shape index (κ1) is 23.8. The van der Waals surface area contributed by atoms with Gasteiger partial charge in [-0.05, 0) is 12.1 Å². The number of piperazine rings is 1. The fraction of sp³-hybridized carbons (Fsp3) is 0.611. The molecule has 3 heterocycles. The third-order valence-corrected chi connectivity index (χ3v) is 8.62. The molecule has 0 bridgehead atoms. The van der Waals surface area contributed by atoms with Crippen LogP contribution in [0.5, 0.6) is 11.5 Å². The first-order valence-corrected chi connectivity index (χ1v) is 11.4. The highest BCUT2D eigenvalue weighted by Crippen LogP contribution is 2.48. The summed E-state index contributed by atoms with van der Waals surface area (Å²) in [5.41, 5.74) is 1.78. The zero-order valence-electron chi connectivity index (χ0n) is 17.1. The maximum atomic E-state index is 13.5. The summed E-state index contributed by atoms with van der Waals surface area (Å²) in [6.07, 6.45) is -9.91. The number of nitrogens with one attached hydrogen (secondary N) is 1. The number of halogens is 4. The summed E-state index contributed by atoms with van der Waals surface area (Å²) < 4.78 is 92.9. The molecule has 0 saturated carbocycles. The number of alkyl halides is 4. The molecule has 15 heteroatoms. The molecule has 10 nitrogen and oxygen atoms in total. The van der Waals surface area contributed by atoms with Crippen LogP contribution in [0.2, 0.25) is 0 Å². The molecule has 0 radical (unpaired) electrons. The lowest BCUT2D eigenvalue weighted by Gasteiger charge is -2.42. The summed E-state index contributed by atoms with van der Waals surface area (Å²) in [5.74, 6) is -2.15. The summed E-state index contributed by atoms with van der Waals surface area (Å²) in [6.45, 7) is 0.247. The van der Waals surface area contributed by atoms with Crippen LogP contribution in [0.3, 0.4) is 0 Å². The molecule has 0 unspecified atom stereocenters. The molecule has 2 N–H and O–H groups in total. The highest BCUT2D eigenvalue weighted by Gasteiger charge is 2.66. The highest BCUT2D eigenvalue weighted by molar-refractivity contribution is 7.91. The fourth-order valence-corrected chi connectivity index (χ4v) is 6.19. The van der Waals surface area contributed by atoms with Crippen molar-refractivity contribution in [2.45, 2.75) is 29.8 Å². The van der Waals surface area contributed by atoms with E-state index >= 15 is 0 Å². The van der Waals surface area contributed by atoms with Crippen LogP contribution in [0.15, 0.2) is 18.2 Å². The zero-order valence-corrected chi connectivity index (χ0v) is 17.9. The van der Waals surface area contributed by atoms with Crippen LogP contribution in [-0.4, -0.2) is 80.2 Å². The van der Waals surface area contributed by atoms with E-state index < -0.39 is 44.4 Å². The lowest BCUT2D eigenvalue weighted by Crippen LogP contribution is -2.62. The monoisotopic (exact) mass is 499 g/mol. The van der Waals surface area contributed by atoms with Gasteiger partial charge in [-0.25, -0.2) is 13.9 Å². The molecule has 0 atom stereocenters. The minimum absolute atomic E-state index is 0.0352. The van der Waals surface area contributed by atoms with Crippen LogP contribution < -0.4 is 19.9 Å². The Kier molecular flexibility index (Phi) is 5.87. The van der Waals surface area contributed by atoms with Crippen molar-refractivity contribution in [3.63, 3.8) is 0 Å². The van der Waals surface area contributed by atoms with E-state index in [-0.39, 0.29) is 52.2 Å². The third-order valence-electron chi connectivity index (χ3n) is 6.00. The summed E-state index contributed by atoms with van der Waals surface area (Å²) >= 11 is 0. The van der Waals surface area contributed by atoms with Crippen molar-refractivity contribution in [3.05, 3.63) is 18.2 Å². The Hall–Kier alpha value is -2.36. The summed E-state index contributed by atoms with van der Waals surface area (Å²) in [6, 6.07) is 3.55. The average Bonchev–Trinajstić information content (AvgIpc) is 2.79. The predicted octanol–water partition coefficient (Wildman–Crippen LogP) is 1.15. The van der Waals surface area contributed by atoms with Gasteiger partial charge in [0.25, 0.3) is 5.91 Å². The van der Waals surface area contributed by atoms with Gasteiger partial charge < -0.3 is 19.1 Å². The number of carbonyl (C=O) groups is 1. The first-order chi connectivity index (χ1) is 15.4. The van der Waals surface area contributed by atoms with E-state index in [2.05, 4.69) is 9.47 Å². The Morgan fingerprint density at radius 2 is 1.55 bits per heavy atom. The van der Waals surface area contributed by atoms with Crippen LogP contribution in [0.1, 0.15) is 12.8 Å². The number of anilines is 1. The second-order valence-electron chi connectivity index (χ2n) is 7.81. The van der Waals surface area contributed by atoms with E-state index in [1.165, 1.54) is 11.5 Å². The maximum absolute atomic E-state index is 13.5. The summed E-state index contributed by atoms with van der Waals surface area (Å²) in [4.78, 5) is 14.0. The number of benzene rings is 1. The molecule has 0 spiro atoms. The number of hydrogen-bond acceptors (Lipinski definition) is 8. The predicted molar refractivity (Wildman–Crippen MR) is 103 cm³/mol. The molecule has 3 aliphatic heterocycles. The number of rotatable bonds is 4.